The second-order valence-corrected chi connectivity index (χ2v) is 8.64. The molecule has 0 spiro atoms. The lowest BCUT2D eigenvalue weighted by Crippen LogP contribution is -2.43. The molecule has 1 fully saturated rings. The van der Waals surface area contributed by atoms with Gasteiger partial charge in [0.05, 0.1) is 22.3 Å². The van der Waals surface area contributed by atoms with Crippen molar-refractivity contribution in [3.8, 4) is 0 Å². The van der Waals surface area contributed by atoms with Crippen molar-refractivity contribution in [3.05, 3.63) is 33.8 Å². The summed E-state index contributed by atoms with van der Waals surface area (Å²) in [4.78, 5) is 12.4. The van der Waals surface area contributed by atoms with Crippen LogP contribution >= 0.6 is 23.2 Å². The number of sulfonamides is 1. The SMILES string of the molecule is C[C@@H](NC(=O)C1CCN(S(C)(=O)=O)CC1)c1ccc(Cl)c(Cl)c1. The number of benzene rings is 1. The lowest BCUT2D eigenvalue weighted by Gasteiger charge is -2.30. The third kappa shape index (κ3) is 4.83. The van der Waals surface area contributed by atoms with Crippen LogP contribution in [0.1, 0.15) is 31.4 Å². The minimum absolute atomic E-state index is 0.0586. The first-order valence-corrected chi connectivity index (χ1v) is 9.99. The number of piperidine rings is 1. The Morgan fingerprint density at radius 2 is 1.87 bits per heavy atom. The van der Waals surface area contributed by atoms with Gasteiger partial charge in [0.2, 0.25) is 15.9 Å². The first-order valence-electron chi connectivity index (χ1n) is 7.39. The molecule has 1 atom stereocenters. The molecule has 8 heteroatoms. The number of rotatable bonds is 4. The van der Waals surface area contributed by atoms with Crippen LogP contribution in [0.3, 0.4) is 0 Å². The number of nitrogens with one attached hydrogen (secondary N) is 1. The molecule has 1 amide bonds. The summed E-state index contributed by atoms with van der Waals surface area (Å²) < 4.78 is 24.4. The molecule has 1 N–H and O–H groups in total. The summed E-state index contributed by atoms with van der Waals surface area (Å²) >= 11 is 11.9. The molecule has 0 unspecified atom stereocenters. The molecule has 1 aromatic rings. The number of carbonyl (C=O) groups excluding carboxylic acids is 1. The molecule has 23 heavy (non-hydrogen) atoms. The summed E-state index contributed by atoms with van der Waals surface area (Å²) in [5, 5.41) is 3.88. The summed E-state index contributed by atoms with van der Waals surface area (Å²) in [5.74, 6) is -0.227. The average Bonchev–Trinajstić information content (AvgIpc) is 2.49. The Kier molecular flexibility index (Phi) is 5.94. The summed E-state index contributed by atoms with van der Waals surface area (Å²) in [7, 11) is -3.18. The third-order valence-corrected chi connectivity index (χ3v) is 6.14. The van der Waals surface area contributed by atoms with Gasteiger partial charge in [-0.1, -0.05) is 29.3 Å². The lowest BCUT2D eigenvalue weighted by molar-refractivity contribution is -0.126. The number of hydrogen-bond acceptors (Lipinski definition) is 3. The second kappa shape index (κ2) is 7.38. The fourth-order valence-corrected chi connectivity index (χ4v) is 3.83. The van der Waals surface area contributed by atoms with E-state index in [0.717, 1.165) is 5.56 Å². The van der Waals surface area contributed by atoms with E-state index in [1.165, 1.54) is 10.6 Å². The van der Waals surface area contributed by atoms with E-state index in [4.69, 9.17) is 23.2 Å². The van der Waals surface area contributed by atoms with Crippen LogP contribution in [-0.2, 0) is 14.8 Å². The molecule has 0 aliphatic carbocycles. The van der Waals surface area contributed by atoms with Crippen LogP contribution < -0.4 is 5.32 Å². The van der Waals surface area contributed by atoms with Gasteiger partial charge in [0.25, 0.3) is 0 Å². The van der Waals surface area contributed by atoms with Crippen LogP contribution in [0.2, 0.25) is 10.0 Å². The summed E-state index contributed by atoms with van der Waals surface area (Å²) in [6.07, 6.45) is 2.26. The van der Waals surface area contributed by atoms with E-state index >= 15 is 0 Å². The molecule has 5 nitrogen and oxygen atoms in total. The van der Waals surface area contributed by atoms with Crippen LogP contribution in [0.15, 0.2) is 18.2 Å². The fraction of sp³-hybridized carbons (Fsp3) is 0.533. The average molecular weight is 379 g/mol. The van der Waals surface area contributed by atoms with Crippen molar-refractivity contribution in [3.63, 3.8) is 0 Å². The zero-order chi connectivity index (χ0) is 17.2. The monoisotopic (exact) mass is 378 g/mol. The van der Waals surface area contributed by atoms with Gasteiger partial charge in [-0.05, 0) is 37.5 Å². The van der Waals surface area contributed by atoms with Gasteiger partial charge in [-0.15, -0.1) is 0 Å². The Morgan fingerprint density at radius 3 is 2.39 bits per heavy atom. The molecule has 128 valence electrons. The van der Waals surface area contributed by atoms with Crippen molar-refractivity contribution in [2.45, 2.75) is 25.8 Å². The molecule has 0 saturated carbocycles. The van der Waals surface area contributed by atoms with Crippen molar-refractivity contribution >= 4 is 39.1 Å². The van der Waals surface area contributed by atoms with Crippen LogP contribution in [0.4, 0.5) is 0 Å². The van der Waals surface area contributed by atoms with Gasteiger partial charge in [-0.25, -0.2) is 12.7 Å². The largest absolute Gasteiger partial charge is 0.349 e. The van der Waals surface area contributed by atoms with Crippen molar-refractivity contribution < 1.29 is 13.2 Å². The first-order chi connectivity index (χ1) is 10.7. The van der Waals surface area contributed by atoms with E-state index in [1.54, 1.807) is 12.1 Å². The molecule has 1 aliphatic heterocycles. The Morgan fingerprint density at radius 1 is 1.26 bits per heavy atom. The zero-order valence-electron chi connectivity index (χ0n) is 13.1. The van der Waals surface area contributed by atoms with E-state index in [2.05, 4.69) is 5.32 Å². The van der Waals surface area contributed by atoms with Crippen molar-refractivity contribution in [1.82, 2.24) is 9.62 Å². The van der Waals surface area contributed by atoms with Gasteiger partial charge in [0.1, 0.15) is 0 Å². The van der Waals surface area contributed by atoms with Crippen LogP contribution in [0.5, 0.6) is 0 Å². The summed E-state index contributed by atoms with van der Waals surface area (Å²) in [5.41, 5.74) is 0.876. The van der Waals surface area contributed by atoms with E-state index < -0.39 is 10.0 Å². The minimum atomic E-state index is -3.18. The Labute approximate surface area is 147 Å². The first kappa shape index (κ1) is 18.5. The highest BCUT2D eigenvalue weighted by atomic mass is 35.5. The predicted molar refractivity (Wildman–Crippen MR) is 92.2 cm³/mol. The topological polar surface area (TPSA) is 66.5 Å². The van der Waals surface area contributed by atoms with Gasteiger partial charge in [0.15, 0.2) is 0 Å². The number of carbonyl (C=O) groups is 1. The van der Waals surface area contributed by atoms with Crippen molar-refractivity contribution in [1.29, 1.82) is 0 Å². The molecule has 2 rings (SSSR count). The smallest absolute Gasteiger partial charge is 0.223 e. The normalized spacial score (nSPS) is 18.6. The van der Waals surface area contributed by atoms with E-state index in [-0.39, 0.29) is 17.9 Å². The van der Waals surface area contributed by atoms with Crippen LogP contribution in [0.25, 0.3) is 0 Å². The molecule has 0 bridgehead atoms. The van der Waals surface area contributed by atoms with Gasteiger partial charge < -0.3 is 5.32 Å². The third-order valence-electron chi connectivity index (χ3n) is 4.10. The predicted octanol–water partition coefficient (Wildman–Crippen LogP) is 2.84. The highest BCUT2D eigenvalue weighted by molar-refractivity contribution is 7.88. The molecule has 1 aliphatic rings. The van der Waals surface area contributed by atoms with Crippen LogP contribution in [-0.4, -0.2) is 38.0 Å². The van der Waals surface area contributed by atoms with Gasteiger partial charge >= 0.3 is 0 Å². The zero-order valence-corrected chi connectivity index (χ0v) is 15.4. The van der Waals surface area contributed by atoms with E-state index in [9.17, 15) is 13.2 Å². The Balaban J connectivity index is 1.93. The van der Waals surface area contributed by atoms with Crippen molar-refractivity contribution in [2.24, 2.45) is 5.92 Å². The van der Waals surface area contributed by atoms with Gasteiger partial charge in [-0.3, -0.25) is 4.79 Å². The molecular weight excluding hydrogens is 359 g/mol. The standard InChI is InChI=1S/C15H20Cl2N2O3S/c1-10(12-3-4-13(16)14(17)9-12)18-15(20)11-5-7-19(8-6-11)23(2,21)22/h3-4,9-11H,5-8H2,1-2H3,(H,18,20)/t10-/m1/s1. The number of nitrogens with zero attached hydrogens (tertiary/aromatic N) is 1. The van der Waals surface area contributed by atoms with Crippen LogP contribution in [0, 0.1) is 5.92 Å². The molecule has 0 radical (unpaired) electrons. The quantitative estimate of drug-likeness (QED) is 0.875. The number of halogens is 2. The molecule has 0 aromatic heterocycles. The summed E-state index contributed by atoms with van der Waals surface area (Å²) in [6, 6.07) is 5.07. The maximum Gasteiger partial charge on any atom is 0.223 e. The lowest BCUT2D eigenvalue weighted by atomic mass is 9.96. The molecule has 1 saturated heterocycles. The van der Waals surface area contributed by atoms with Crippen molar-refractivity contribution in [2.75, 3.05) is 19.3 Å². The van der Waals surface area contributed by atoms with E-state index in [0.29, 0.717) is 36.0 Å². The summed E-state index contributed by atoms with van der Waals surface area (Å²) in [6.45, 7) is 2.65. The highest BCUT2D eigenvalue weighted by Crippen LogP contribution is 2.26. The molecule has 1 aromatic carbocycles. The maximum atomic E-state index is 12.4. The molecule has 1 heterocycles. The number of hydrogen-bond donors (Lipinski definition) is 1. The second-order valence-electron chi connectivity index (χ2n) is 5.84. The Hall–Kier alpha value is -0.820. The molecular formula is C15H20Cl2N2O3S. The Bertz CT molecular complexity index is 686. The highest BCUT2D eigenvalue weighted by Gasteiger charge is 2.29. The maximum absolute atomic E-state index is 12.4. The fourth-order valence-electron chi connectivity index (χ4n) is 2.65. The number of amides is 1. The van der Waals surface area contributed by atoms with Gasteiger partial charge in [0, 0.05) is 19.0 Å². The van der Waals surface area contributed by atoms with E-state index in [1.807, 2.05) is 13.0 Å². The van der Waals surface area contributed by atoms with Gasteiger partial charge in [-0.2, -0.15) is 0 Å². The minimum Gasteiger partial charge on any atom is -0.349 e.